The summed E-state index contributed by atoms with van der Waals surface area (Å²) in [5.74, 6) is 0.434. The Bertz CT molecular complexity index is 768. The normalized spacial score (nSPS) is 11.0. The summed E-state index contributed by atoms with van der Waals surface area (Å²) >= 11 is 1.52. The van der Waals surface area contributed by atoms with Crippen molar-refractivity contribution in [2.45, 2.75) is 20.1 Å². The Morgan fingerprint density at radius 1 is 1.29 bits per heavy atom. The van der Waals surface area contributed by atoms with E-state index in [0.717, 1.165) is 20.8 Å². The van der Waals surface area contributed by atoms with Gasteiger partial charge in [0, 0.05) is 32.8 Å². The van der Waals surface area contributed by atoms with Crippen LogP contribution in [-0.2, 0) is 13.2 Å². The first-order valence-electron chi connectivity index (χ1n) is 6.63. The lowest BCUT2D eigenvalue weighted by Crippen LogP contribution is -2.02. The van der Waals surface area contributed by atoms with Gasteiger partial charge in [-0.25, -0.2) is 4.39 Å². The molecule has 3 nitrogen and oxygen atoms in total. The molecule has 0 fully saturated rings. The summed E-state index contributed by atoms with van der Waals surface area (Å²) in [5, 5.41) is 0.614. The van der Waals surface area contributed by atoms with Crippen LogP contribution in [0.1, 0.15) is 16.1 Å². The maximum absolute atomic E-state index is 14.1. The summed E-state index contributed by atoms with van der Waals surface area (Å²) < 4.78 is 20.7. The predicted octanol–water partition coefficient (Wildman–Crippen LogP) is 3.78. The topological polar surface area (TPSA) is 48.1 Å². The van der Waals surface area contributed by atoms with Gasteiger partial charge in [0.05, 0.1) is 6.20 Å². The molecule has 0 bridgehead atoms. The Kier molecular flexibility index (Phi) is 3.86. The molecule has 0 aliphatic rings. The van der Waals surface area contributed by atoms with Crippen molar-refractivity contribution in [2.75, 3.05) is 0 Å². The second kappa shape index (κ2) is 5.79. The third-order valence-electron chi connectivity index (χ3n) is 3.30. The largest absolute Gasteiger partial charge is 0.487 e. The van der Waals surface area contributed by atoms with Crippen molar-refractivity contribution in [2.24, 2.45) is 5.73 Å². The minimum Gasteiger partial charge on any atom is -0.487 e. The summed E-state index contributed by atoms with van der Waals surface area (Å²) in [4.78, 5) is 5.13. The summed E-state index contributed by atoms with van der Waals surface area (Å²) in [7, 11) is 0. The van der Waals surface area contributed by atoms with Crippen LogP contribution < -0.4 is 10.5 Å². The SMILES string of the molecule is Cc1ccc(OCc2c(CN)sc3cccc(F)c23)cn1. The molecule has 2 heterocycles. The number of aryl methyl sites for hydroxylation is 1. The molecule has 108 valence electrons. The van der Waals surface area contributed by atoms with E-state index < -0.39 is 0 Å². The molecule has 1 aromatic carbocycles. The van der Waals surface area contributed by atoms with Gasteiger partial charge in [-0.3, -0.25) is 4.98 Å². The minimum atomic E-state index is -0.232. The zero-order chi connectivity index (χ0) is 14.8. The number of nitrogens with two attached hydrogens (primary N) is 1. The van der Waals surface area contributed by atoms with Gasteiger partial charge >= 0.3 is 0 Å². The first kappa shape index (κ1) is 14.0. The van der Waals surface area contributed by atoms with Crippen LogP contribution in [0.4, 0.5) is 4.39 Å². The quantitative estimate of drug-likeness (QED) is 0.798. The Hall–Kier alpha value is -1.98. The minimum absolute atomic E-state index is 0.232. The molecule has 0 saturated heterocycles. The Morgan fingerprint density at radius 3 is 2.86 bits per heavy atom. The van der Waals surface area contributed by atoms with Crippen LogP contribution in [0.3, 0.4) is 0 Å². The zero-order valence-electron chi connectivity index (χ0n) is 11.6. The number of aromatic nitrogens is 1. The summed E-state index contributed by atoms with van der Waals surface area (Å²) in [6, 6.07) is 8.81. The van der Waals surface area contributed by atoms with Gasteiger partial charge in [0.2, 0.25) is 0 Å². The second-order valence-corrected chi connectivity index (χ2v) is 5.88. The Labute approximate surface area is 126 Å². The number of halogens is 1. The van der Waals surface area contributed by atoms with Crippen LogP contribution in [0.15, 0.2) is 36.5 Å². The molecule has 0 atom stereocenters. The molecule has 0 radical (unpaired) electrons. The molecular formula is C16H15FN2OS. The maximum atomic E-state index is 14.1. The van der Waals surface area contributed by atoms with Crippen LogP contribution in [0.25, 0.3) is 10.1 Å². The standard InChI is InChI=1S/C16H15FN2OS/c1-10-5-6-11(8-19-10)20-9-12-15(7-18)21-14-4-2-3-13(17)16(12)14/h2-6,8H,7,9,18H2,1H3. The fourth-order valence-electron chi connectivity index (χ4n) is 2.23. The van der Waals surface area contributed by atoms with E-state index in [9.17, 15) is 4.39 Å². The van der Waals surface area contributed by atoms with E-state index in [-0.39, 0.29) is 12.4 Å². The van der Waals surface area contributed by atoms with E-state index in [1.165, 1.54) is 17.4 Å². The van der Waals surface area contributed by atoms with Gasteiger partial charge in [-0.2, -0.15) is 0 Å². The molecule has 3 aromatic rings. The number of fused-ring (bicyclic) bond motifs is 1. The monoisotopic (exact) mass is 302 g/mol. The van der Waals surface area contributed by atoms with Crippen LogP contribution in [0.2, 0.25) is 0 Å². The number of benzene rings is 1. The van der Waals surface area contributed by atoms with Gasteiger partial charge in [0.25, 0.3) is 0 Å². The molecule has 0 amide bonds. The van der Waals surface area contributed by atoms with Crippen molar-refractivity contribution in [3.05, 3.63) is 58.5 Å². The summed E-state index contributed by atoms with van der Waals surface area (Å²) in [6.07, 6.45) is 1.67. The number of hydrogen-bond donors (Lipinski definition) is 1. The number of thiophene rings is 1. The van der Waals surface area contributed by atoms with Crippen molar-refractivity contribution in [3.8, 4) is 5.75 Å². The van der Waals surface area contributed by atoms with E-state index in [1.54, 1.807) is 12.3 Å². The number of ether oxygens (including phenoxy) is 1. The molecular weight excluding hydrogens is 287 g/mol. The molecule has 21 heavy (non-hydrogen) atoms. The van der Waals surface area contributed by atoms with Crippen LogP contribution in [-0.4, -0.2) is 4.98 Å². The van der Waals surface area contributed by atoms with Gasteiger partial charge in [0.15, 0.2) is 0 Å². The number of pyridine rings is 1. The van der Waals surface area contributed by atoms with E-state index in [1.807, 2.05) is 25.1 Å². The Morgan fingerprint density at radius 2 is 2.14 bits per heavy atom. The molecule has 2 aromatic heterocycles. The van der Waals surface area contributed by atoms with Gasteiger partial charge < -0.3 is 10.5 Å². The maximum Gasteiger partial charge on any atom is 0.138 e. The lowest BCUT2D eigenvalue weighted by Gasteiger charge is -2.07. The van der Waals surface area contributed by atoms with Gasteiger partial charge in [-0.05, 0) is 31.2 Å². The van der Waals surface area contributed by atoms with Crippen molar-refractivity contribution in [1.82, 2.24) is 4.98 Å². The smallest absolute Gasteiger partial charge is 0.138 e. The average molecular weight is 302 g/mol. The van der Waals surface area contributed by atoms with Crippen molar-refractivity contribution in [3.63, 3.8) is 0 Å². The highest BCUT2D eigenvalue weighted by atomic mass is 32.1. The van der Waals surface area contributed by atoms with Crippen LogP contribution in [0.5, 0.6) is 5.75 Å². The zero-order valence-corrected chi connectivity index (χ0v) is 12.4. The van der Waals surface area contributed by atoms with E-state index in [0.29, 0.717) is 17.7 Å². The molecule has 2 N–H and O–H groups in total. The van der Waals surface area contributed by atoms with Crippen LogP contribution >= 0.6 is 11.3 Å². The molecule has 0 saturated carbocycles. The van der Waals surface area contributed by atoms with Gasteiger partial charge in [0.1, 0.15) is 18.2 Å². The molecule has 3 rings (SSSR count). The first-order valence-corrected chi connectivity index (χ1v) is 7.45. The summed E-state index contributed by atoms with van der Waals surface area (Å²) in [6.45, 7) is 2.58. The van der Waals surface area contributed by atoms with Gasteiger partial charge in [-0.15, -0.1) is 11.3 Å². The first-order chi connectivity index (χ1) is 10.2. The molecule has 0 spiro atoms. The molecule has 0 aliphatic heterocycles. The highest BCUT2D eigenvalue weighted by Crippen LogP contribution is 2.33. The highest BCUT2D eigenvalue weighted by Gasteiger charge is 2.15. The second-order valence-electron chi connectivity index (χ2n) is 4.74. The van der Waals surface area contributed by atoms with Crippen molar-refractivity contribution < 1.29 is 9.13 Å². The highest BCUT2D eigenvalue weighted by molar-refractivity contribution is 7.19. The fraction of sp³-hybridized carbons (Fsp3) is 0.188. The number of rotatable bonds is 4. The predicted molar refractivity (Wildman–Crippen MR) is 83.0 cm³/mol. The Balaban J connectivity index is 1.94. The molecule has 0 aliphatic carbocycles. The molecule has 5 heteroatoms. The number of hydrogen-bond acceptors (Lipinski definition) is 4. The average Bonchev–Trinajstić information content (AvgIpc) is 2.86. The van der Waals surface area contributed by atoms with E-state index in [2.05, 4.69) is 4.98 Å². The fourth-order valence-corrected chi connectivity index (χ4v) is 3.33. The van der Waals surface area contributed by atoms with Gasteiger partial charge in [-0.1, -0.05) is 6.07 Å². The number of nitrogens with zero attached hydrogens (tertiary/aromatic N) is 1. The van der Waals surface area contributed by atoms with Crippen LogP contribution in [0, 0.1) is 12.7 Å². The third kappa shape index (κ3) is 2.75. The third-order valence-corrected chi connectivity index (χ3v) is 4.52. The van der Waals surface area contributed by atoms with E-state index >= 15 is 0 Å². The lowest BCUT2D eigenvalue weighted by atomic mass is 10.1. The van der Waals surface area contributed by atoms with Crippen molar-refractivity contribution in [1.29, 1.82) is 0 Å². The lowest BCUT2D eigenvalue weighted by molar-refractivity contribution is 0.305. The van der Waals surface area contributed by atoms with E-state index in [4.69, 9.17) is 10.5 Å². The van der Waals surface area contributed by atoms with Crippen molar-refractivity contribution >= 4 is 21.4 Å². The molecule has 0 unspecified atom stereocenters. The summed E-state index contributed by atoms with van der Waals surface area (Å²) in [5.41, 5.74) is 7.53.